The molecule has 2 aliphatic heterocycles. The summed E-state index contributed by atoms with van der Waals surface area (Å²) >= 11 is 2.39. The molecule has 3 heterocycles. The highest BCUT2D eigenvalue weighted by molar-refractivity contribution is 8.02. The lowest BCUT2D eigenvalue weighted by Gasteiger charge is -2.34. The number of thiophene rings is 1. The van der Waals surface area contributed by atoms with Gasteiger partial charge in [0.15, 0.2) is 0 Å². The second-order valence-corrected chi connectivity index (χ2v) is 10.6. The third-order valence-electron chi connectivity index (χ3n) is 4.46. The summed E-state index contributed by atoms with van der Waals surface area (Å²) in [5.74, 6) is -1.06. The Bertz CT molecular complexity index is 902. The Kier molecular flexibility index (Phi) is 6.83. The molecule has 3 atom stereocenters. The Labute approximate surface area is 176 Å². The smallest absolute Gasteiger partial charge is 0.414 e. The minimum absolute atomic E-state index is 0.117. The van der Waals surface area contributed by atoms with Crippen LogP contribution in [0.2, 0.25) is 0 Å². The number of alkyl carbamates (subject to hydrolysis) is 1. The number of nitrogens with zero attached hydrogens (tertiary/aromatic N) is 1. The average Bonchev–Trinajstić information content (AvgIpc) is 3.27. The van der Waals surface area contributed by atoms with Crippen LogP contribution in [0.1, 0.15) is 30.1 Å². The van der Waals surface area contributed by atoms with Crippen LogP contribution in [0.25, 0.3) is 0 Å². The number of piperidine rings is 1. The Hall–Kier alpha value is -1.67. The molecule has 29 heavy (non-hydrogen) atoms. The van der Waals surface area contributed by atoms with Gasteiger partial charge in [-0.2, -0.15) is 4.31 Å². The maximum absolute atomic E-state index is 12.7. The molecular weight excluding hydrogens is 440 g/mol. The van der Waals surface area contributed by atoms with Gasteiger partial charge in [-0.1, -0.05) is 0 Å². The normalized spacial score (nSPS) is 24.6. The number of fused-ring (bicyclic) bond motifs is 1. The fourth-order valence-corrected chi connectivity index (χ4v) is 6.97. The molecule has 0 spiro atoms. The standard InChI is InChI=1S/C16H22N4O6S3/c1-3-26-16(23)19-11(21)9-6-8-27-13(9)18-12(22)14-17-10-5-4-7-20(15(10)28-14)29(2,24)25/h6,8,10,14-15,17H,3-5,7H2,1-2H3,(H,18,22)(H,19,21,23). The topological polar surface area (TPSA) is 134 Å². The molecule has 10 nitrogen and oxygen atoms in total. The molecule has 1 aromatic rings. The highest BCUT2D eigenvalue weighted by Crippen LogP contribution is 2.37. The van der Waals surface area contributed by atoms with E-state index in [2.05, 4.69) is 20.7 Å². The zero-order chi connectivity index (χ0) is 21.2. The summed E-state index contributed by atoms with van der Waals surface area (Å²) in [4.78, 5) is 36.4. The predicted octanol–water partition coefficient (Wildman–Crippen LogP) is 0.986. The summed E-state index contributed by atoms with van der Waals surface area (Å²) in [6, 6.07) is 1.38. The molecule has 2 saturated heterocycles. The first-order valence-corrected chi connectivity index (χ1v) is 12.6. The lowest BCUT2D eigenvalue weighted by molar-refractivity contribution is -0.116. The van der Waals surface area contributed by atoms with Crippen molar-refractivity contribution in [2.24, 2.45) is 0 Å². The van der Waals surface area contributed by atoms with Gasteiger partial charge in [0.05, 0.1) is 23.8 Å². The first kappa shape index (κ1) is 22.0. The Morgan fingerprint density at radius 3 is 2.83 bits per heavy atom. The third kappa shape index (κ3) is 5.09. The summed E-state index contributed by atoms with van der Waals surface area (Å²) < 4.78 is 30.1. The van der Waals surface area contributed by atoms with E-state index < -0.39 is 27.4 Å². The molecule has 0 aliphatic carbocycles. The van der Waals surface area contributed by atoms with Gasteiger partial charge in [-0.15, -0.1) is 23.1 Å². The number of hydrogen-bond acceptors (Lipinski definition) is 9. The minimum atomic E-state index is -3.37. The summed E-state index contributed by atoms with van der Waals surface area (Å²) in [6.45, 7) is 2.19. The molecule has 3 N–H and O–H groups in total. The molecule has 0 radical (unpaired) electrons. The number of imide groups is 1. The highest BCUT2D eigenvalue weighted by atomic mass is 32.2. The number of sulfonamides is 1. The van der Waals surface area contributed by atoms with Crippen LogP contribution in [0.4, 0.5) is 9.80 Å². The SMILES string of the molecule is CCOC(=O)NC(=O)c1ccsc1NC(=O)C1NC2CCCN(S(C)(=O)=O)C2S1. The van der Waals surface area contributed by atoms with Gasteiger partial charge in [0.1, 0.15) is 10.4 Å². The number of ether oxygens (including phenoxy) is 1. The number of carbonyl (C=O) groups is 3. The van der Waals surface area contributed by atoms with Gasteiger partial charge < -0.3 is 10.1 Å². The van der Waals surface area contributed by atoms with Crippen LogP contribution in [0.15, 0.2) is 11.4 Å². The van der Waals surface area contributed by atoms with Crippen molar-refractivity contribution < 1.29 is 27.5 Å². The monoisotopic (exact) mass is 462 g/mol. The molecule has 3 rings (SSSR count). The molecule has 3 unspecified atom stereocenters. The van der Waals surface area contributed by atoms with E-state index in [0.717, 1.165) is 24.2 Å². The van der Waals surface area contributed by atoms with Gasteiger partial charge in [0.2, 0.25) is 10.0 Å². The second-order valence-electron chi connectivity index (χ2n) is 6.52. The average molecular weight is 463 g/mol. The fourth-order valence-electron chi connectivity index (χ4n) is 3.22. The lowest BCUT2D eigenvalue weighted by atomic mass is 10.1. The maximum atomic E-state index is 12.7. The summed E-state index contributed by atoms with van der Waals surface area (Å²) in [5, 5.41) is 8.89. The molecule has 0 saturated carbocycles. The lowest BCUT2D eigenvalue weighted by Crippen LogP contribution is -2.50. The molecular formula is C16H22N4O6S3. The molecule has 2 aliphatic rings. The number of thioether (sulfide) groups is 1. The maximum Gasteiger partial charge on any atom is 0.414 e. The molecule has 13 heteroatoms. The zero-order valence-electron chi connectivity index (χ0n) is 15.8. The largest absolute Gasteiger partial charge is 0.450 e. The van der Waals surface area contributed by atoms with Gasteiger partial charge in [-0.3, -0.25) is 20.2 Å². The number of rotatable bonds is 5. The fraction of sp³-hybridized carbons (Fsp3) is 0.562. The van der Waals surface area contributed by atoms with E-state index in [9.17, 15) is 22.8 Å². The third-order valence-corrected chi connectivity index (χ3v) is 8.17. The zero-order valence-corrected chi connectivity index (χ0v) is 18.3. The van der Waals surface area contributed by atoms with E-state index in [1.54, 1.807) is 12.3 Å². The van der Waals surface area contributed by atoms with Crippen molar-refractivity contribution in [2.75, 3.05) is 24.7 Å². The quantitative estimate of drug-likeness (QED) is 0.590. The van der Waals surface area contributed by atoms with Crippen LogP contribution in [0, 0.1) is 0 Å². The summed E-state index contributed by atoms with van der Waals surface area (Å²) in [6.07, 6.45) is 1.81. The molecule has 2 fully saturated rings. The molecule has 0 bridgehead atoms. The number of carbonyl (C=O) groups excluding carboxylic acids is 3. The second kappa shape index (κ2) is 9.00. The van der Waals surface area contributed by atoms with Gasteiger partial charge in [0.25, 0.3) is 11.8 Å². The van der Waals surface area contributed by atoms with Crippen LogP contribution in [-0.2, 0) is 19.6 Å². The molecule has 3 amide bonds. The summed E-state index contributed by atoms with van der Waals surface area (Å²) in [5.41, 5.74) is 0.148. The van der Waals surface area contributed by atoms with Crippen molar-refractivity contribution in [3.05, 3.63) is 17.0 Å². The minimum Gasteiger partial charge on any atom is -0.450 e. The Balaban J connectivity index is 1.66. The summed E-state index contributed by atoms with van der Waals surface area (Å²) in [7, 11) is -3.37. The Morgan fingerprint density at radius 1 is 1.38 bits per heavy atom. The highest BCUT2D eigenvalue weighted by Gasteiger charge is 2.45. The number of nitrogens with one attached hydrogen (secondary N) is 3. The van der Waals surface area contributed by atoms with E-state index >= 15 is 0 Å². The van der Waals surface area contributed by atoms with Crippen molar-refractivity contribution in [1.29, 1.82) is 0 Å². The molecule has 160 valence electrons. The van der Waals surface area contributed by atoms with Crippen molar-refractivity contribution >= 4 is 56.0 Å². The van der Waals surface area contributed by atoms with E-state index in [0.29, 0.717) is 11.5 Å². The predicted molar refractivity (Wildman–Crippen MR) is 110 cm³/mol. The number of amides is 3. The van der Waals surface area contributed by atoms with Gasteiger partial charge in [-0.05, 0) is 31.2 Å². The van der Waals surface area contributed by atoms with Crippen LogP contribution in [-0.4, -0.2) is 66.8 Å². The van der Waals surface area contributed by atoms with E-state index in [-0.39, 0.29) is 29.5 Å². The molecule has 0 aromatic carbocycles. The van der Waals surface area contributed by atoms with Crippen LogP contribution in [0.5, 0.6) is 0 Å². The van der Waals surface area contributed by atoms with E-state index in [4.69, 9.17) is 0 Å². The van der Waals surface area contributed by atoms with Gasteiger partial charge in [0, 0.05) is 12.6 Å². The van der Waals surface area contributed by atoms with E-state index in [1.165, 1.54) is 28.4 Å². The Morgan fingerprint density at radius 2 is 2.14 bits per heavy atom. The van der Waals surface area contributed by atoms with Crippen LogP contribution in [0.3, 0.4) is 0 Å². The van der Waals surface area contributed by atoms with Crippen LogP contribution < -0.4 is 16.0 Å². The number of anilines is 1. The van der Waals surface area contributed by atoms with E-state index in [1.807, 2.05) is 0 Å². The van der Waals surface area contributed by atoms with Crippen molar-refractivity contribution in [3.8, 4) is 0 Å². The van der Waals surface area contributed by atoms with Crippen molar-refractivity contribution in [2.45, 2.75) is 36.6 Å². The molecule has 1 aromatic heterocycles. The van der Waals surface area contributed by atoms with Gasteiger partial charge in [-0.25, -0.2) is 13.2 Å². The van der Waals surface area contributed by atoms with Crippen molar-refractivity contribution in [1.82, 2.24) is 14.9 Å². The van der Waals surface area contributed by atoms with Gasteiger partial charge >= 0.3 is 6.09 Å². The first-order chi connectivity index (χ1) is 13.7. The first-order valence-electron chi connectivity index (χ1n) is 8.95. The van der Waals surface area contributed by atoms with Crippen LogP contribution >= 0.6 is 23.1 Å². The number of hydrogen-bond donors (Lipinski definition) is 3. The van der Waals surface area contributed by atoms with Crippen molar-refractivity contribution in [3.63, 3.8) is 0 Å².